The van der Waals surface area contributed by atoms with Gasteiger partial charge in [-0.05, 0) is 74.2 Å². The Bertz CT molecular complexity index is 646. The van der Waals surface area contributed by atoms with Crippen LogP contribution >= 0.6 is 0 Å². The number of ether oxygens (including phenoxy) is 1. The van der Waals surface area contributed by atoms with Gasteiger partial charge in [0.25, 0.3) is 0 Å². The van der Waals surface area contributed by atoms with Crippen LogP contribution in [0.5, 0.6) is 0 Å². The Morgan fingerprint density at radius 1 is 1.24 bits per heavy atom. The number of rotatable bonds is 1. The first-order valence-electron chi connectivity index (χ1n) is 10.6. The van der Waals surface area contributed by atoms with Crippen molar-refractivity contribution in [3.63, 3.8) is 0 Å². The van der Waals surface area contributed by atoms with Crippen molar-refractivity contribution in [3.8, 4) is 0 Å². The first-order chi connectivity index (χ1) is 12.1. The molecule has 0 aromatic carbocycles. The van der Waals surface area contributed by atoms with Crippen LogP contribution in [0.1, 0.15) is 65.2 Å². The number of hydrogen-bond acceptors (Lipinski definition) is 2. The van der Waals surface area contributed by atoms with E-state index in [4.69, 9.17) is 4.74 Å². The molecular weight excluding hydrogens is 308 g/mol. The molecule has 5 rings (SSSR count). The normalized spacial score (nSPS) is 51.2. The molecule has 4 aliphatic carbocycles. The van der Waals surface area contributed by atoms with Crippen molar-refractivity contribution in [2.45, 2.75) is 70.8 Å². The van der Waals surface area contributed by atoms with Gasteiger partial charge >= 0.3 is 0 Å². The van der Waals surface area contributed by atoms with E-state index in [2.05, 4.69) is 26.0 Å². The summed E-state index contributed by atoms with van der Waals surface area (Å²) in [6.07, 6.45) is 16.3. The second-order valence-corrected chi connectivity index (χ2v) is 9.65. The standard InChI is InChI=1S/C23H32O2/c1-3-15-13-16-14-17(24)5-6-18(16)19-7-10-22(2)20(21(15)19)8-11-23(22)9-4-12-25-23/h4,9,14-15,18-21H,3,5-8,10-13H2,1-2H3/t15-,18+,19?,20?,21?,22+,23+/m1/s1. The van der Waals surface area contributed by atoms with Crippen LogP contribution in [-0.4, -0.2) is 18.0 Å². The van der Waals surface area contributed by atoms with E-state index in [1.807, 2.05) is 6.08 Å². The maximum atomic E-state index is 12.0. The van der Waals surface area contributed by atoms with E-state index in [-0.39, 0.29) is 5.60 Å². The summed E-state index contributed by atoms with van der Waals surface area (Å²) < 4.78 is 6.38. The molecule has 1 spiro atoms. The van der Waals surface area contributed by atoms with E-state index >= 15 is 0 Å². The predicted molar refractivity (Wildman–Crippen MR) is 99.1 cm³/mol. The molecule has 0 bridgehead atoms. The summed E-state index contributed by atoms with van der Waals surface area (Å²) in [6.45, 7) is 5.72. The summed E-state index contributed by atoms with van der Waals surface area (Å²) in [7, 11) is 0. The van der Waals surface area contributed by atoms with Gasteiger partial charge in [0.15, 0.2) is 5.78 Å². The molecule has 7 atom stereocenters. The number of hydrogen-bond donors (Lipinski definition) is 0. The van der Waals surface area contributed by atoms with Crippen LogP contribution < -0.4 is 0 Å². The van der Waals surface area contributed by atoms with Crippen molar-refractivity contribution < 1.29 is 9.53 Å². The zero-order chi connectivity index (χ0) is 17.2. The summed E-state index contributed by atoms with van der Waals surface area (Å²) in [5.74, 6) is 4.31. The lowest BCUT2D eigenvalue weighted by atomic mass is 9.48. The minimum absolute atomic E-state index is 0.0274. The third-order valence-electron chi connectivity index (χ3n) is 9.00. The highest BCUT2D eigenvalue weighted by Gasteiger charge is 2.64. The quantitative estimate of drug-likeness (QED) is 0.622. The zero-order valence-corrected chi connectivity index (χ0v) is 15.8. The van der Waals surface area contributed by atoms with Gasteiger partial charge in [-0.2, -0.15) is 0 Å². The fourth-order valence-electron chi connectivity index (χ4n) is 7.82. The number of carbonyl (C=O) groups is 1. The SMILES string of the molecule is CC[C@@H]1CC2=CC(=O)CC[C@@H]2C2CC[C@@]3(C)C(CC[C@@]34C=CCO4)C21. The lowest BCUT2D eigenvalue weighted by Crippen LogP contribution is -2.54. The van der Waals surface area contributed by atoms with Crippen LogP contribution in [0, 0.1) is 35.0 Å². The van der Waals surface area contributed by atoms with Crippen molar-refractivity contribution in [2.75, 3.05) is 6.61 Å². The Balaban J connectivity index is 1.52. The second kappa shape index (κ2) is 5.55. The lowest BCUT2D eigenvalue weighted by molar-refractivity contribution is -0.124. The topological polar surface area (TPSA) is 26.3 Å². The van der Waals surface area contributed by atoms with Crippen molar-refractivity contribution in [1.29, 1.82) is 0 Å². The van der Waals surface area contributed by atoms with E-state index in [0.29, 0.717) is 17.1 Å². The number of carbonyl (C=O) groups excluding carboxylic acids is 1. The Hall–Kier alpha value is -0.890. The minimum atomic E-state index is 0.0274. The van der Waals surface area contributed by atoms with Gasteiger partial charge in [-0.15, -0.1) is 0 Å². The Labute approximate surface area is 152 Å². The van der Waals surface area contributed by atoms with Gasteiger partial charge in [-0.1, -0.05) is 38.0 Å². The van der Waals surface area contributed by atoms with Gasteiger partial charge in [0.05, 0.1) is 12.2 Å². The molecule has 3 saturated carbocycles. The van der Waals surface area contributed by atoms with E-state index in [9.17, 15) is 4.79 Å². The van der Waals surface area contributed by atoms with Crippen molar-refractivity contribution in [2.24, 2.45) is 35.0 Å². The van der Waals surface area contributed by atoms with E-state index < -0.39 is 0 Å². The maximum absolute atomic E-state index is 12.0. The van der Waals surface area contributed by atoms with Gasteiger partial charge in [0.1, 0.15) is 0 Å². The summed E-state index contributed by atoms with van der Waals surface area (Å²) in [5.41, 5.74) is 1.86. The molecule has 2 heteroatoms. The summed E-state index contributed by atoms with van der Waals surface area (Å²) >= 11 is 0. The smallest absolute Gasteiger partial charge is 0.155 e. The van der Waals surface area contributed by atoms with Crippen LogP contribution in [0.15, 0.2) is 23.8 Å². The Kier molecular flexibility index (Phi) is 3.62. The molecule has 1 aliphatic heterocycles. The van der Waals surface area contributed by atoms with Crippen LogP contribution in [0.4, 0.5) is 0 Å². The predicted octanol–water partition coefficient (Wildman–Crippen LogP) is 5.09. The third-order valence-corrected chi connectivity index (χ3v) is 9.00. The molecule has 0 aromatic rings. The highest BCUT2D eigenvalue weighted by molar-refractivity contribution is 5.91. The van der Waals surface area contributed by atoms with E-state index in [1.54, 1.807) is 0 Å². The molecule has 0 radical (unpaired) electrons. The lowest BCUT2D eigenvalue weighted by Gasteiger charge is -2.58. The number of allylic oxidation sites excluding steroid dienone is 1. The molecule has 3 unspecified atom stereocenters. The highest BCUT2D eigenvalue weighted by Crippen LogP contribution is 2.67. The first kappa shape index (κ1) is 16.3. The van der Waals surface area contributed by atoms with Gasteiger partial charge in [-0.3, -0.25) is 4.79 Å². The van der Waals surface area contributed by atoms with Crippen LogP contribution in [0.25, 0.3) is 0 Å². The highest BCUT2D eigenvalue weighted by atomic mass is 16.5. The summed E-state index contributed by atoms with van der Waals surface area (Å²) in [5, 5.41) is 0. The average molecular weight is 341 g/mol. The van der Waals surface area contributed by atoms with E-state index in [1.165, 1.54) is 44.1 Å². The zero-order valence-electron chi connectivity index (χ0n) is 15.8. The van der Waals surface area contributed by atoms with Crippen molar-refractivity contribution >= 4 is 5.78 Å². The van der Waals surface area contributed by atoms with Gasteiger partial charge in [0, 0.05) is 11.8 Å². The van der Waals surface area contributed by atoms with Crippen LogP contribution in [0.3, 0.4) is 0 Å². The maximum Gasteiger partial charge on any atom is 0.155 e. The molecule has 25 heavy (non-hydrogen) atoms. The Morgan fingerprint density at radius 2 is 2.12 bits per heavy atom. The van der Waals surface area contributed by atoms with Crippen LogP contribution in [-0.2, 0) is 9.53 Å². The van der Waals surface area contributed by atoms with Crippen molar-refractivity contribution in [1.82, 2.24) is 0 Å². The monoisotopic (exact) mass is 340 g/mol. The molecule has 1 heterocycles. The number of fused-ring (bicyclic) bond motifs is 6. The fourth-order valence-corrected chi connectivity index (χ4v) is 7.82. The van der Waals surface area contributed by atoms with Crippen LogP contribution in [0.2, 0.25) is 0 Å². The van der Waals surface area contributed by atoms with Gasteiger partial charge in [0.2, 0.25) is 0 Å². The number of ketones is 1. The second-order valence-electron chi connectivity index (χ2n) is 9.65. The molecule has 0 N–H and O–H groups in total. The third kappa shape index (κ3) is 2.10. The molecule has 0 saturated heterocycles. The van der Waals surface area contributed by atoms with Gasteiger partial charge in [-0.25, -0.2) is 0 Å². The fraction of sp³-hybridized carbons (Fsp3) is 0.783. The van der Waals surface area contributed by atoms with E-state index in [0.717, 1.165) is 43.1 Å². The molecular formula is C23H32O2. The average Bonchev–Trinajstić information content (AvgIpc) is 3.20. The Morgan fingerprint density at radius 3 is 2.88 bits per heavy atom. The molecule has 3 fully saturated rings. The minimum Gasteiger partial charge on any atom is -0.366 e. The molecule has 136 valence electrons. The molecule has 0 aromatic heterocycles. The largest absolute Gasteiger partial charge is 0.366 e. The van der Waals surface area contributed by atoms with Crippen molar-refractivity contribution in [3.05, 3.63) is 23.8 Å². The molecule has 0 amide bonds. The summed E-state index contributed by atoms with van der Waals surface area (Å²) in [6, 6.07) is 0. The molecule has 5 aliphatic rings. The first-order valence-corrected chi connectivity index (χ1v) is 10.6. The van der Waals surface area contributed by atoms with Gasteiger partial charge < -0.3 is 4.74 Å². The molecule has 2 nitrogen and oxygen atoms in total. The summed E-state index contributed by atoms with van der Waals surface area (Å²) in [4.78, 5) is 12.0.